The zero-order valence-electron chi connectivity index (χ0n) is 9.07. The summed E-state index contributed by atoms with van der Waals surface area (Å²) in [6.07, 6.45) is 5.87. The number of hydrogen-bond acceptors (Lipinski definition) is 4. The first-order valence-corrected chi connectivity index (χ1v) is 5.43. The van der Waals surface area contributed by atoms with Crippen LogP contribution in [-0.2, 0) is 0 Å². The quantitative estimate of drug-likeness (QED) is 0.818. The molecule has 0 unspecified atom stereocenters. The van der Waals surface area contributed by atoms with Crippen molar-refractivity contribution in [1.82, 2.24) is 20.2 Å². The van der Waals surface area contributed by atoms with Gasteiger partial charge in [0.25, 0.3) is 0 Å². The Balaban J connectivity index is 1.88. The average Bonchev–Trinajstić information content (AvgIpc) is 2.97. The van der Waals surface area contributed by atoms with E-state index in [1.807, 2.05) is 13.0 Å². The molecule has 1 saturated carbocycles. The number of aromatic nitrogens is 4. The first-order valence-electron chi connectivity index (χ1n) is 5.43. The Hall–Kier alpha value is -1.91. The largest absolute Gasteiger partial charge is 0.366 e. The summed E-state index contributed by atoms with van der Waals surface area (Å²) < 4.78 is 0. The Kier molecular flexibility index (Phi) is 2.09. The normalized spacial score (nSPS) is 15.1. The maximum absolute atomic E-state index is 4.30. The second-order valence-corrected chi connectivity index (χ2v) is 4.08. The molecular weight excluding hydrogens is 202 g/mol. The zero-order valence-corrected chi connectivity index (χ0v) is 9.07. The molecule has 1 aliphatic rings. The highest BCUT2D eigenvalue weighted by molar-refractivity contribution is 5.60. The summed E-state index contributed by atoms with van der Waals surface area (Å²) in [6, 6.07) is 2.59. The number of aryl methyl sites for hydroxylation is 1. The van der Waals surface area contributed by atoms with Crippen LogP contribution in [0.4, 0.5) is 5.82 Å². The lowest BCUT2D eigenvalue weighted by Crippen LogP contribution is -2.00. The molecule has 16 heavy (non-hydrogen) atoms. The molecule has 5 nitrogen and oxygen atoms in total. The minimum absolute atomic E-state index is 0.610. The molecular formula is C11H13N5. The Morgan fingerprint density at radius 2 is 2.12 bits per heavy atom. The van der Waals surface area contributed by atoms with E-state index < -0.39 is 0 Å². The zero-order chi connectivity index (χ0) is 11.0. The van der Waals surface area contributed by atoms with Gasteiger partial charge in [-0.1, -0.05) is 0 Å². The van der Waals surface area contributed by atoms with Crippen molar-refractivity contribution >= 4 is 5.82 Å². The lowest BCUT2D eigenvalue weighted by molar-refractivity contribution is 1.04. The SMILES string of the molecule is Cc1nccnc1-c1cc(NC2CC2)n[nH]1. The van der Waals surface area contributed by atoms with Crippen molar-refractivity contribution in [3.63, 3.8) is 0 Å². The summed E-state index contributed by atoms with van der Waals surface area (Å²) in [4.78, 5) is 8.50. The molecule has 2 N–H and O–H groups in total. The topological polar surface area (TPSA) is 66.5 Å². The molecule has 0 amide bonds. The third kappa shape index (κ3) is 1.76. The minimum atomic E-state index is 0.610. The molecule has 1 aliphatic carbocycles. The molecule has 0 aromatic carbocycles. The van der Waals surface area contributed by atoms with Crippen molar-refractivity contribution in [2.24, 2.45) is 0 Å². The molecule has 0 bridgehead atoms. The summed E-state index contributed by atoms with van der Waals surface area (Å²) in [6.45, 7) is 1.94. The van der Waals surface area contributed by atoms with Gasteiger partial charge < -0.3 is 5.32 Å². The molecule has 2 aromatic rings. The van der Waals surface area contributed by atoms with Crippen LogP contribution in [0.3, 0.4) is 0 Å². The van der Waals surface area contributed by atoms with Gasteiger partial charge in [-0.05, 0) is 19.8 Å². The number of nitrogens with zero attached hydrogens (tertiary/aromatic N) is 3. The molecule has 0 aliphatic heterocycles. The second kappa shape index (κ2) is 3.59. The number of nitrogens with one attached hydrogen (secondary N) is 2. The predicted molar refractivity (Wildman–Crippen MR) is 61.0 cm³/mol. The van der Waals surface area contributed by atoms with E-state index >= 15 is 0 Å². The highest BCUT2D eigenvalue weighted by Crippen LogP contribution is 2.25. The molecule has 82 valence electrons. The van der Waals surface area contributed by atoms with Gasteiger partial charge >= 0.3 is 0 Å². The Labute approximate surface area is 93.3 Å². The van der Waals surface area contributed by atoms with Gasteiger partial charge in [-0.15, -0.1) is 0 Å². The van der Waals surface area contributed by atoms with E-state index in [0.717, 1.165) is 22.9 Å². The van der Waals surface area contributed by atoms with Crippen molar-refractivity contribution in [3.05, 3.63) is 24.2 Å². The van der Waals surface area contributed by atoms with E-state index in [0.29, 0.717) is 6.04 Å². The molecule has 0 radical (unpaired) electrons. The first-order chi connectivity index (χ1) is 7.83. The van der Waals surface area contributed by atoms with Gasteiger partial charge in [-0.2, -0.15) is 5.10 Å². The molecule has 0 atom stereocenters. The van der Waals surface area contributed by atoms with Gasteiger partial charge in [0.1, 0.15) is 11.5 Å². The fourth-order valence-electron chi connectivity index (χ4n) is 1.63. The van der Waals surface area contributed by atoms with Crippen LogP contribution in [0.2, 0.25) is 0 Å². The summed E-state index contributed by atoms with van der Waals surface area (Å²) in [5.41, 5.74) is 2.68. The minimum Gasteiger partial charge on any atom is -0.366 e. The van der Waals surface area contributed by atoms with Crippen molar-refractivity contribution in [2.45, 2.75) is 25.8 Å². The van der Waals surface area contributed by atoms with E-state index in [-0.39, 0.29) is 0 Å². The van der Waals surface area contributed by atoms with Crippen molar-refractivity contribution < 1.29 is 0 Å². The highest BCUT2D eigenvalue weighted by atomic mass is 15.2. The number of anilines is 1. The third-order valence-electron chi connectivity index (χ3n) is 2.64. The van der Waals surface area contributed by atoms with Crippen LogP contribution >= 0.6 is 0 Å². The van der Waals surface area contributed by atoms with Gasteiger partial charge in [0.2, 0.25) is 0 Å². The number of rotatable bonds is 3. The summed E-state index contributed by atoms with van der Waals surface area (Å²) in [5.74, 6) is 0.891. The molecule has 0 saturated heterocycles. The van der Waals surface area contributed by atoms with E-state index in [1.54, 1.807) is 12.4 Å². The number of aromatic amines is 1. The standard InChI is InChI=1S/C11H13N5/c1-7-11(13-5-4-12-7)9-6-10(16-15-9)14-8-2-3-8/h4-6,8H,2-3H2,1H3,(H2,14,15,16). The van der Waals surface area contributed by atoms with Gasteiger partial charge in [0.15, 0.2) is 0 Å². The molecule has 0 spiro atoms. The van der Waals surface area contributed by atoms with Crippen molar-refractivity contribution in [1.29, 1.82) is 0 Å². The van der Waals surface area contributed by atoms with Crippen LogP contribution in [0, 0.1) is 6.92 Å². The fourth-order valence-corrected chi connectivity index (χ4v) is 1.63. The Morgan fingerprint density at radius 3 is 2.88 bits per heavy atom. The third-order valence-corrected chi connectivity index (χ3v) is 2.64. The van der Waals surface area contributed by atoms with Gasteiger partial charge in [-0.25, -0.2) is 0 Å². The van der Waals surface area contributed by atoms with E-state index in [1.165, 1.54) is 12.8 Å². The summed E-state index contributed by atoms with van der Waals surface area (Å²) in [5, 5.41) is 10.5. The smallest absolute Gasteiger partial charge is 0.148 e. The van der Waals surface area contributed by atoms with Crippen LogP contribution < -0.4 is 5.32 Å². The van der Waals surface area contributed by atoms with Crippen molar-refractivity contribution in [3.8, 4) is 11.4 Å². The van der Waals surface area contributed by atoms with Gasteiger partial charge in [0.05, 0.1) is 11.4 Å². The molecule has 2 heterocycles. The van der Waals surface area contributed by atoms with Crippen LogP contribution in [0.5, 0.6) is 0 Å². The van der Waals surface area contributed by atoms with Gasteiger partial charge in [-0.3, -0.25) is 15.1 Å². The highest BCUT2D eigenvalue weighted by Gasteiger charge is 2.22. The summed E-state index contributed by atoms with van der Waals surface area (Å²) in [7, 11) is 0. The molecule has 3 rings (SSSR count). The van der Waals surface area contributed by atoms with E-state index in [4.69, 9.17) is 0 Å². The maximum atomic E-state index is 4.30. The first kappa shape index (κ1) is 9.33. The number of H-pyrrole nitrogens is 1. The molecule has 2 aromatic heterocycles. The van der Waals surface area contributed by atoms with E-state index in [2.05, 4.69) is 25.5 Å². The van der Waals surface area contributed by atoms with Crippen molar-refractivity contribution in [2.75, 3.05) is 5.32 Å². The predicted octanol–water partition coefficient (Wildman–Crippen LogP) is 1.75. The summed E-state index contributed by atoms with van der Waals surface area (Å²) >= 11 is 0. The van der Waals surface area contributed by atoms with E-state index in [9.17, 15) is 0 Å². The van der Waals surface area contributed by atoms with Crippen LogP contribution in [0.1, 0.15) is 18.5 Å². The average molecular weight is 215 g/mol. The molecule has 5 heteroatoms. The van der Waals surface area contributed by atoms with Gasteiger partial charge in [0, 0.05) is 24.5 Å². The lowest BCUT2D eigenvalue weighted by Gasteiger charge is -1.98. The maximum Gasteiger partial charge on any atom is 0.148 e. The second-order valence-electron chi connectivity index (χ2n) is 4.08. The Morgan fingerprint density at radius 1 is 1.31 bits per heavy atom. The monoisotopic (exact) mass is 215 g/mol. The fraction of sp³-hybridized carbons (Fsp3) is 0.364. The van der Waals surface area contributed by atoms with Crippen LogP contribution in [-0.4, -0.2) is 26.2 Å². The number of hydrogen-bond donors (Lipinski definition) is 2. The Bertz CT molecular complexity index is 501. The van der Waals surface area contributed by atoms with Crippen LogP contribution in [0.25, 0.3) is 11.4 Å². The molecule has 1 fully saturated rings. The van der Waals surface area contributed by atoms with Crippen LogP contribution in [0.15, 0.2) is 18.5 Å². The lowest BCUT2D eigenvalue weighted by atomic mass is 10.2.